The Morgan fingerprint density at radius 3 is 2.63 bits per heavy atom. The molecule has 3 N–H and O–H groups in total. The highest BCUT2D eigenvalue weighted by Crippen LogP contribution is 2.28. The number of nitrogens with two attached hydrogens (primary N) is 1. The standard InChI is InChI=1S/C14H12BrClN2S/c1-8-2-5-13(10(6-8)14(17)19)18-9-3-4-11(15)12(16)7-9/h2-7,18H,1H3,(H2,17,19). The maximum atomic E-state index is 6.07. The van der Waals surface area contributed by atoms with Crippen molar-refractivity contribution in [1.29, 1.82) is 0 Å². The average Bonchev–Trinajstić information content (AvgIpc) is 2.36. The Hall–Kier alpha value is -1.10. The number of aryl methyl sites for hydroxylation is 1. The van der Waals surface area contributed by atoms with Crippen LogP contribution < -0.4 is 11.1 Å². The Labute approximate surface area is 131 Å². The molecule has 2 aromatic carbocycles. The minimum Gasteiger partial charge on any atom is -0.389 e. The van der Waals surface area contributed by atoms with Gasteiger partial charge in [0, 0.05) is 21.4 Å². The van der Waals surface area contributed by atoms with Crippen LogP contribution in [0.1, 0.15) is 11.1 Å². The second kappa shape index (κ2) is 5.90. The summed E-state index contributed by atoms with van der Waals surface area (Å²) in [7, 11) is 0. The molecule has 5 heteroatoms. The van der Waals surface area contributed by atoms with E-state index in [0.29, 0.717) is 10.0 Å². The van der Waals surface area contributed by atoms with E-state index >= 15 is 0 Å². The maximum absolute atomic E-state index is 6.07. The van der Waals surface area contributed by atoms with E-state index in [2.05, 4.69) is 21.2 Å². The number of rotatable bonds is 3. The highest BCUT2D eigenvalue weighted by Gasteiger charge is 2.07. The molecular formula is C14H12BrClN2S. The molecular weight excluding hydrogens is 344 g/mol. The number of anilines is 2. The van der Waals surface area contributed by atoms with Crippen LogP contribution in [-0.2, 0) is 0 Å². The van der Waals surface area contributed by atoms with Crippen molar-refractivity contribution in [1.82, 2.24) is 0 Å². The highest BCUT2D eigenvalue weighted by molar-refractivity contribution is 9.10. The molecule has 0 heterocycles. The van der Waals surface area contributed by atoms with Gasteiger partial charge in [-0.3, -0.25) is 0 Å². The van der Waals surface area contributed by atoms with E-state index < -0.39 is 0 Å². The molecule has 2 nitrogen and oxygen atoms in total. The summed E-state index contributed by atoms with van der Waals surface area (Å²) < 4.78 is 0.859. The number of hydrogen-bond acceptors (Lipinski definition) is 2. The molecule has 0 atom stereocenters. The molecule has 0 radical (unpaired) electrons. The van der Waals surface area contributed by atoms with Crippen LogP contribution in [0.2, 0.25) is 5.02 Å². The first-order valence-electron chi connectivity index (χ1n) is 5.60. The molecule has 0 amide bonds. The molecule has 0 unspecified atom stereocenters. The second-order valence-electron chi connectivity index (χ2n) is 4.17. The van der Waals surface area contributed by atoms with E-state index in [0.717, 1.165) is 27.0 Å². The molecule has 0 aliphatic rings. The van der Waals surface area contributed by atoms with Gasteiger partial charge < -0.3 is 11.1 Å². The summed E-state index contributed by atoms with van der Waals surface area (Å²) in [5.74, 6) is 0. The van der Waals surface area contributed by atoms with Gasteiger partial charge in [0.05, 0.1) is 5.02 Å². The van der Waals surface area contributed by atoms with Gasteiger partial charge in [-0.1, -0.05) is 35.4 Å². The lowest BCUT2D eigenvalue weighted by molar-refractivity contribution is 1.43. The van der Waals surface area contributed by atoms with E-state index in [-0.39, 0.29) is 0 Å². The summed E-state index contributed by atoms with van der Waals surface area (Å²) in [4.78, 5) is 0.370. The smallest absolute Gasteiger partial charge is 0.106 e. The molecule has 0 bridgehead atoms. The molecule has 0 fully saturated rings. The number of hydrogen-bond donors (Lipinski definition) is 2. The Morgan fingerprint density at radius 1 is 1.26 bits per heavy atom. The quantitative estimate of drug-likeness (QED) is 0.778. The van der Waals surface area contributed by atoms with Crippen molar-refractivity contribution in [3.05, 3.63) is 57.0 Å². The van der Waals surface area contributed by atoms with Crippen molar-refractivity contribution in [3.63, 3.8) is 0 Å². The van der Waals surface area contributed by atoms with Crippen molar-refractivity contribution in [2.75, 3.05) is 5.32 Å². The summed E-state index contributed by atoms with van der Waals surface area (Å²) in [5.41, 5.74) is 9.45. The van der Waals surface area contributed by atoms with Crippen molar-refractivity contribution >= 4 is 56.1 Å². The molecule has 0 spiro atoms. The summed E-state index contributed by atoms with van der Waals surface area (Å²) in [6.45, 7) is 2.00. The van der Waals surface area contributed by atoms with Gasteiger partial charge in [-0.05, 0) is 53.2 Å². The Kier molecular flexibility index (Phi) is 4.45. The zero-order valence-electron chi connectivity index (χ0n) is 10.2. The van der Waals surface area contributed by atoms with Crippen LogP contribution in [0.15, 0.2) is 40.9 Å². The van der Waals surface area contributed by atoms with Gasteiger partial charge in [0.2, 0.25) is 0 Å². The van der Waals surface area contributed by atoms with Crippen LogP contribution in [0.3, 0.4) is 0 Å². The van der Waals surface area contributed by atoms with Crippen molar-refractivity contribution < 1.29 is 0 Å². The SMILES string of the molecule is Cc1ccc(Nc2ccc(Br)c(Cl)c2)c(C(N)=S)c1. The van der Waals surface area contributed by atoms with Crippen molar-refractivity contribution in [3.8, 4) is 0 Å². The predicted molar refractivity (Wildman–Crippen MR) is 89.5 cm³/mol. The average molecular weight is 356 g/mol. The van der Waals surface area contributed by atoms with Gasteiger partial charge in [-0.2, -0.15) is 0 Å². The van der Waals surface area contributed by atoms with Crippen LogP contribution in [0.5, 0.6) is 0 Å². The molecule has 2 rings (SSSR count). The Balaban J connectivity index is 2.37. The zero-order valence-corrected chi connectivity index (χ0v) is 13.4. The van der Waals surface area contributed by atoms with Crippen molar-refractivity contribution in [2.45, 2.75) is 6.92 Å². The lowest BCUT2D eigenvalue weighted by atomic mass is 10.1. The van der Waals surface area contributed by atoms with Crippen LogP contribution in [-0.4, -0.2) is 4.99 Å². The minimum absolute atomic E-state index is 0.370. The Morgan fingerprint density at radius 2 is 2.00 bits per heavy atom. The fourth-order valence-corrected chi connectivity index (χ4v) is 2.30. The van der Waals surface area contributed by atoms with Crippen LogP contribution in [0.25, 0.3) is 0 Å². The number of thiocarbonyl (C=S) groups is 1. The zero-order chi connectivity index (χ0) is 14.0. The van der Waals surface area contributed by atoms with Crippen molar-refractivity contribution in [2.24, 2.45) is 5.73 Å². The summed E-state index contributed by atoms with van der Waals surface area (Å²) >= 11 is 14.5. The molecule has 0 aliphatic heterocycles. The van der Waals surface area contributed by atoms with Gasteiger partial charge in [0.25, 0.3) is 0 Å². The third-order valence-corrected chi connectivity index (χ3v) is 4.09. The molecule has 98 valence electrons. The third-order valence-electron chi connectivity index (χ3n) is 2.64. The molecule has 2 aromatic rings. The second-order valence-corrected chi connectivity index (χ2v) is 5.87. The fourth-order valence-electron chi connectivity index (χ4n) is 1.70. The maximum Gasteiger partial charge on any atom is 0.106 e. The monoisotopic (exact) mass is 354 g/mol. The lowest BCUT2D eigenvalue weighted by Gasteiger charge is -2.12. The summed E-state index contributed by atoms with van der Waals surface area (Å²) in [6.07, 6.45) is 0. The lowest BCUT2D eigenvalue weighted by Crippen LogP contribution is -2.12. The van der Waals surface area contributed by atoms with Gasteiger partial charge in [-0.25, -0.2) is 0 Å². The summed E-state index contributed by atoms with van der Waals surface area (Å²) in [5, 5.41) is 3.92. The van der Waals surface area contributed by atoms with E-state index in [1.165, 1.54) is 0 Å². The van der Waals surface area contributed by atoms with Crippen LogP contribution in [0, 0.1) is 6.92 Å². The molecule has 19 heavy (non-hydrogen) atoms. The molecule has 0 aromatic heterocycles. The predicted octanol–water partition coefficient (Wildman–Crippen LogP) is 4.79. The van der Waals surface area contributed by atoms with E-state index in [1.54, 1.807) is 0 Å². The highest BCUT2D eigenvalue weighted by atomic mass is 79.9. The Bertz CT molecular complexity index is 643. The fraction of sp³-hybridized carbons (Fsp3) is 0.0714. The van der Waals surface area contributed by atoms with Gasteiger partial charge in [0.15, 0.2) is 0 Å². The molecule has 0 saturated heterocycles. The summed E-state index contributed by atoms with van der Waals surface area (Å²) in [6, 6.07) is 11.6. The van der Waals surface area contributed by atoms with E-state index in [9.17, 15) is 0 Å². The largest absolute Gasteiger partial charge is 0.389 e. The number of nitrogens with one attached hydrogen (secondary N) is 1. The first-order chi connectivity index (χ1) is 8.97. The van der Waals surface area contributed by atoms with E-state index in [1.807, 2.05) is 43.3 Å². The number of halogens is 2. The normalized spacial score (nSPS) is 10.3. The number of benzene rings is 2. The van der Waals surface area contributed by atoms with Gasteiger partial charge >= 0.3 is 0 Å². The molecule has 0 aliphatic carbocycles. The first kappa shape index (κ1) is 14.3. The van der Waals surface area contributed by atoms with Crippen LogP contribution in [0.4, 0.5) is 11.4 Å². The third kappa shape index (κ3) is 3.47. The molecule has 0 saturated carbocycles. The minimum atomic E-state index is 0.370. The topological polar surface area (TPSA) is 38.0 Å². The first-order valence-corrected chi connectivity index (χ1v) is 7.18. The van der Waals surface area contributed by atoms with E-state index in [4.69, 9.17) is 29.6 Å². The van der Waals surface area contributed by atoms with Gasteiger partial charge in [-0.15, -0.1) is 0 Å². The van der Waals surface area contributed by atoms with Gasteiger partial charge in [0.1, 0.15) is 4.99 Å². The van der Waals surface area contributed by atoms with Crippen LogP contribution >= 0.6 is 39.7 Å².